The van der Waals surface area contributed by atoms with Gasteiger partial charge in [0, 0.05) is 51.5 Å². The first-order valence-corrected chi connectivity index (χ1v) is 11.1. The van der Waals surface area contributed by atoms with Crippen LogP contribution in [0.2, 0.25) is 0 Å². The van der Waals surface area contributed by atoms with E-state index in [1.165, 1.54) is 5.56 Å². The van der Waals surface area contributed by atoms with Crippen LogP contribution in [0.3, 0.4) is 0 Å². The fourth-order valence-corrected chi connectivity index (χ4v) is 4.27. The van der Waals surface area contributed by atoms with Crippen LogP contribution < -0.4 is 10.2 Å². The number of rotatable bonds is 5. The average Bonchev–Trinajstić information content (AvgIpc) is 3.31. The monoisotopic (exact) mass is 547 g/mol. The minimum absolute atomic E-state index is 0. The number of aliphatic imine (C=N–C) groups is 1. The number of imidazole rings is 1. The molecule has 0 aliphatic carbocycles. The molecule has 3 heterocycles. The molecule has 2 unspecified atom stereocenters. The maximum atomic E-state index is 5.06. The molecule has 172 valence electrons. The smallest absolute Gasteiger partial charge is 0.194 e. The Kier molecular flexibility index (Phi) is 8.33. The molecule has 1 aliphatic heterocycles. The lowest BCUT2D eigenvalue weighted by Gasteiger charge is -2.39. The molecule has 3 aromatic rings. The summed E-state index contributed by atoms with van der Waals surface area (Å²) in [6, 6.07) is 10.9. The van der Waals surface area contributed by atoms with E-state index in [0.29, 0.717) is 18.5 Å². The largest absolute Gasteiger partial charge is 0.363 e. The average molecular weight is 547 g/mol. The number of nitrogens with zero attached hydrogens (tertiary/aromatic N) is 6. The second-order valence-corrected chi connectivity index (χ2v) is 8.51. The number of benzene rings is 1. The molecular weight excluding hydrogens is 513 g/mol. The molecule has 32 heavy (non-hydrogen) atoms. The summed E-state index contributed by atoms with van der Waals surface area (Å²) in [7, 11) is 4.05. The zero-order valence-corrected chi connectivity index (χ0v) is 21.7. The van der Waals surface area contributed by atoms with Gasteiger partial charge in [0.1, 0.15) is 5.82 Å². The Morgan fingerprint density at radius 2 is 2.09 bits per heavy atom. The van der Waals surface area contributed by atoms with Crippen LogP contribution in [0.15, 0.2) is 54.0 Å². The summed E-state index contributed by atoms with van der Waals surface area (Å²) >= 11 is 0. The fourth-order valence-electron chi connectivity index (χ4n) is 4.27. The van der Waals surface area contributed by atoms with Crippen LogP contribution in [-0.2, 0) is 6.54 Å². The number of piperidine rings is 1. The highest BCUT2D eigenvalue weighted by Crippen LogP contribution is 2.28. The molecule has 4 rings (SSSR count). The molecule has 1 N–H and O–H groups in total. The molecule has 2 aromatic heterocycles. The highest BCUT2D eigenvalue weighted by atomic mass is 127. The Labute approximate surface area is 208 Å². The van der Waals surface area contributed by atoms with E-state index in [4.69, 9.17) is 9.98 Å². The molecule has 0 spiro atoms. The number of aromatic nitrogens is 3. The van der Waals surface area contributed by atoms with Crippen molar-refractivity contribution in [3.63, 3.8) is 0 Å². The molecular formula is C24H34IN7. The zero-order chi connectivity index (χ0) is 21.8. The molecule has 8 heteroatoms. The summed E-state index contributed by atoms with van der Waals surface area (Å²) < 4.78 is 2.24. The third kappa shape index (κ3) is 5.33. The van der Waals surface area contributed by atoms with Crippen LogP contribution in [0.4, 0.5) is 5.82 Å². The molecule has 1 aliphatic rings. The third-order valence-corrected chi connectivity index (χ3v) is 6.11. The van der Waals surface area contributed by atoms with Crippen molar-refractivity contribution in [3.8, 4) is 0 Å². The summed E-state index contributed by atoms with van der Waals surface area (Å²) in [5.41, 5.74) is 2.21. The van der Waals surface area contributed by atoms with Gasteiger partial charge in [-0.3, -0.25) is 0 Å². The molecule has 1 fully saturated rings. The summed E-state index contributed by atoms with van der Waals surface area (Å²) in [4.78, 5) is 18.5. The lowest BCUT2D eigenvalue weighted by Crippen LogP contribution is -2.49. The van der Waals surface area contributed by atoms with Gasteiger partial charge in [0.05, 0.1) is 24.4 Å². The molecule has 0 bridgehead atoms. The van der Waals surface area contributed by atoms with Crippen molar-refractivity contribution in [1.82, 2.24) is 24.8 Å². The first kappa shape index (κ1) is 24.3. The van der Waals surface area contributed by atoms with Gasteiger partial charge in [-0.1, -0.05) is 25.1 Å². The van der Waals surface area contributed by atoms with Crippen molar-refractivity contribution in [2.45, 2.75) is 32.9 Å². The maximum Gasteiger partial charge on any atom is 0.194 e. The van der Waals surface area contributed by atoms with Gasteiger partial charge in [-0.25, -0.2) is 15.0 Å². The fraction of sp³-hybridized carbons (Fsp3) is 0.458. The Morgan fingerprint density at radius 3 is 2.81 bits per heavy atom. The van der Waals surface area contributed by atoms with E-state index in [0.717, 1.165) is 48.7 Å². The lowest BCUT2D eigenvalue weighted by molar-refractivity contribution is 0.189. The Morgan fingerprint density at radius 1 is 1.28 bits per heavy atom. The van der Waals surface area contributed by atoms with Gasteiger partial charge in [0.15, 0.2) is 5.96 Å². The number of likely N-dealkylation sites (tertiary alicyclic amines) is 1. The van der Waals surface area contributed by atoms with Crippen LogP contribution >= 0.6 is 24.0 Å². The van der Waals surface area contributed by atoms with Gasteiger partial charge in [0.2, 0.25) is 0 Å². The first-order valence-electron chi connectivity index (χ1n) is 11.1. The maximum absolute atomic E-state index is 5.06. The second kappa shape index (κ2) is 11.0. The molecule has 2 atom stereocenters. The van der Waals surface area contributed by atoms with E-state index in [9.17, 15) is 0 Å². The third-order valence-electron chi connectivity index (χ3n) is 6.11. The van der Waals surface area contributed by atoms with Gasteiger partial charge in [-0.2, -0.15) is 0 Å². The number of para-hydroxylation sites is 1. The molecule has 0 amide bonds. The number of anilines is 1. The van der Waals surface area contributed by atoms with E-state index in [2.05, 4.69) is 64.1 Å². The second-order valence-electron chi connectivity index (χ2n) is 8.51. The number of nitrogens with one attached hydrogen (secondary N) is 1. The van der Waals surface area contributed by atoms with Crippen LogP contribution in [0.1, 0.15) is 31.9 Å². The highest BCUT2D eigenvalue weighted by molar-refractivity contribution is 14.0. The van der Waals surface area contributed by atoms with Crippen LogP contribution in [0.25, 0.3) is 10.9 Å². The topological polar surface area (TPSA) is 61.6 Å². The number of fused-ring (bicyclic) bond motifs is 1. The van der Waals surface area contributed by atoms with Crippen LogP contribution in [0, 0.1) is 5.92 Å². The van der Waals surface area contributed by atoms with Gasteiger partial charge in [-0.15, -0.1) is 24.0 Å². The van der Waals surface area contributed by atoms with E-state index in [-0.39, 0.29) is 24.0 Å². The Hall–Kier alpha value is -2.36. The zero-order valence-electron chi connectivity index (χ0n) is 19.4. The Balaban J connectivity index is 0.00000289. The summed E-state index contributed by atoms with van der Waals surface area (Å²) in [6.07, 6.45) is 7.00. The minimum atomic E-state index is 0. The van der Waals surface area contributed by atoms with Crippen molar-refractivity contribution < 1.29 is 0 Å². The first-order chi connectivity index (χ1) is 15.1. The van der Waals surface area contributed by atoms with Crippen molar-refractivity contribution in [1.29, 1.82) is 0 Å². The molecule has 7 nitrogen and oxygen atoms in total. The van der Waals surface area contributed by atoms with E-state index in [1.54, 1.807) is 0 Å². The number of hydrogen-bond donors (Lipinski definition) is 1. The molecule has 0 saturated carbocycles. The summed E-state index contributed by atoms with van der Waals surface area (Å²) in [5.74, 6) is 2.55. The molecule has 1 saturated heterocycles. The predicted octanol–water partition coefficient (Wildman–Crippen LogP) is 4.16. The number of hydrogen-bond acceptors (Lipinski definition) is 4. The standard InChI is InChI=1S/C24H33N7.HI/c1-5-26-24(30-12-10-18(2)22(16-30)31-13-11-25-17-31)27-15-19-14-23(29(3)4)28-21-9-7-6-8-20(19)21;/h6-9,11,13-14,17-18,22H,5,10,12,15-16H2,1-4H3,(H,26,27);1H. The van der Waals surface area contributed by atoms with Crippen molar-refractivity contribution in [2.75, 3.05) is 38.6 Å². The van der Waals surface area contributed by atoms with Crippen molar-refractivity contribution in [3.05, 3.63) is 54.6 Å². The minimum Gasteiger partial charge on any atom is -0.363 e. The summed E-state index contributed by atoms with van der Waals surface area (Å²) in [6.45, 7) is 7.87. The quantitative estimate of drug-likeness (QED) is 0.295. The highest BCUT2D eigenvalue weighted by Gasteiger charge is 2.28. The number of halogens is 1. The van der Waals surface area contributed by atoms with Crippen LogP contribution in [0.5, 0.6) is 0 Å². The van der Waals surface area contributed by atoms with Gasteiger partial charge in [0.25, 0.3) is 0 Å². The van der Waals surface area contributed by atoms with E-state index in [1.807, 2.05) is 37.6 Å². The van der Waals surface area contributed by atoms with Crippen LogP contribution in [-0.4, -0.2) is 59.1 Å². The SMILES string of the molecule is CCNC(=NCc1cc(N(C)C)nc2ccccc12)N1CCC(C)C(n2ccnc2)C1.I. The van der Waals surface area contributed by atoms with Gasteiger partial charge < -0.3 is 19.7 Å². The van der Waals surface area contributed by atoms with Gasteiger partial charge >= 0.3 is 0 Å². The van der Waals surface area contributed by atoms with E-state index >= 15 is 0 Å². The van der Waals surface area contributed by atoms with Crippen molar-refractivity contribution >= 4 is 46.7 Å². The lowest BCUT2D eigenvalue weighted by atomic mass is 9.93. The molecule has 1 aromatic carbocycles. The predicted molar refractivity (Wildman–Crippen MR) is 143 cm³/mol. The number of guanidine groups is 1. The molecule has 0 radical (unpaired) electrons. The van der Waals surface area contributed by atoms with Crippen molar-refractivity contribution in [2.24, 2.45) is 10.9 Å². The summed E-state index contributed by atoms with van der Waals surface area (Å²) in [5, 5.41) is 4.68. The Bertz CT molecular complexity index is 1030. The van der Waals surface area contributed by atoms with E-state index < -0.39 is 0 Å². The normalized spacial score (nSPS) is 19.0. The number of pyridine rings is 1. The van der Waals surface area contributed by atoms with Gasteiger partial charge in [-0.05, 0) is 37.0 Å².